The monoisotopic (exact) mass is 470 g/mol. The van der Waals surface area contributed by atoms with Gasteiger partial charge in [0.15, 0.2) is 5.11 Å². The summed E-state index contributed by atoms with van der Waals surface area (Å²) in [6.07, 6.45) is 0.324. The van der Waals surface area contributed by atoms with Crippen LogP contribution >= 0.6 is 12.2 Å². The van der Waals surface area contributed by atoms with Crippen LogP contribution in [-0.2, 0) is 20.7 Å². The van der Waals surface area contributed by atoms with Crippen LogP contribution in [0.2, 0.25) is 0 Å². The number of carbonyl (C=O) groups excluding carboxylic acids is 3. The van der Waals surface area contributed by atoms with E-state index in [1.807, 2.05) is 30.3 Å². The maximum Gasteiger partial charge on any atom is 0.308 e. The van der Waals surface area contributed by atoms with Gasteiger partial charge in [-0.3, -0.25) is 29.8 Å². The summed E-state index contributed by atoms with van der Waals surface area (Å²) in [5.41, 5.74) is 1.05. The third-order valence-corrected chi connectivity index (χ3v) is 5.35. The van der Waals surface area contributed by atoms with Crippen LogP contribution in [0.1, 0.15) is 22.3 Å². The van der Waals surface area contributed by atoms with Gasteiger partial charge in [0.25, 0.3) is 11.6 Å². The SMILES string of the molecule is O=C(C[C@H]1C(=O)NCCN1C(=S)NC(=O)c1ccc([N+](=O)[O-])cc1)OCCc1ccccc1. The van der Waals surface area contributed by atoms with Crippen molar-refractivity contribution in [3.63, 3.8) is 0 Å². The molecule has 2 aromatic carbocycles. The molecule has 1 heterocycles. The van der Waals surface area contributed by atoms with Crippen LogP contribution in [0.15, 0.2) is 54.6 Å². The van der Waals surface area contributed by atoms with E-state index in [2.05, 4.69) is 10.6 Å². The van der Waals surface area contributed by atoms with Gasteiger partial charge < -0.3 is 15.0 Å². The number of esters is 1. The first-order chi connectivity index (χ1) is 15.8. The number of nitro groups is 1. The topological polar surface area (TPSA) is 131 Å². The normalized spacial score (nSPS) is 15.3. The number of nitrogens with one attached hydrogen (secondary N) is 2. The number of nitrogens with zero attached hydrogens (tertiary/aromatic N) is 2. The van der Waals surface area contributed by atoms with E-state index in [9.17, 15) is 24.5 Å². The number of nitro benzene ring substituents is 1. The second-order valence-electron chi connectivity index (χ2n) is 7.22. The van der Waals surface area contributed by atoms with Crippen LogP contribution in [0, 0.1) is 10.1 Å². The molecule has 2 N–H and O–H groups in total. The summed E-state index contributed by atoms with van der Waals surface area (Å²) in [6.45, 7) is 0.775. The lowest BCUT2D eigenvalue weighted by Gasteiger charge is -2.36. The van der Waals surface area contributed by atoms with Crippen LogP contribution < -0.4 is 10.6 Å². The standard InChI is InChI=1S/C22H22N4O6S/c27-19(32-13-10-15-4-2-1-3-5-15)14-18-21(29)23-11-12-25(18)22(33)24-20(28)16-6-8-17(9-7-16)26(30)31/h1-9,18H,10-14H2,(H,23,29)(H,24,28,33)/t18-/m0/s1. The summed E-state index contributed by atoms with van der Waals surface area (Å²) >= 11 is 5.31. The van der Waals surface area contributed by atoms with Crippen molar-refractivity contribution in [2.24, 2.45) is 0 Å². The van der Waals surface area contributed by atoms with E-state index in [0.717, 1.165) is 5.56 Å². The van der Waals surface area contributed by atoms with Gasteiger partial charge in [0.2, 0.25) is 5.91 Å². The highest BCUT2D eigenvalue weighted by Crippen LogP contribution is 2.14. The molecule has 0 bridgehead atoms. The van der Waals surface area contributed by atoms with Crippen molar-refractivity contribution in [2.75, 3.05) is 19.7 Å². The summed E-state index contributed by atoms with van der Waals surface area (Å²) in [4.78, 5) is 48.9. The smallest absolute Gasteiger partial charge is 0.308 e. The Hall–Kier alpha value is -3.86. The molecular formula is C22H22N4O6S. The Labute approximate surface area is 195 Å². The fourth-order valence-electron chi connectivity index (χ4n) is 3.28. The van der Waals surface area contributed by atoms with E-state index in [1.165, 1.54) is 29.2 Å². The number of carbonyl (C=O) groups is 3. The molecular weight excluding hydrogens is 448 g/mol. The number of piperazine rings is 1. The number of rotatable bonds is 7. The molecule has 1 fully saturated rings. The summed E-state index contributed by atoms with van der Waals surface area (Å²) in [7, 11) is 0. The van der Waals surface area contributed by atoms with Crippen LogP contribution in [0.5, 0.6) is 0 Å². The van der Waals surface area contributed by atoms with Gasteiger partial charge in [-0.2, -0.15) is 0 Å². The quantitative estimate of drug-likeness (QED) is 0.270. The summed E-state index contributed by atoms with van der Waals surface area (Å²) in [6, 6.07) is 13.7. The Morgan fingerprint density at radius 2 is 1.88 bits per heavy atom. The molecule has 33 heavy (non-hydrogen) atoms. The van der Waals surface area contributed by atoms with Crippen LogP contribution in [0.25, 0.3) is 0 Å². The van der Waals surface area contributed by atoms with Gasteiger partial charge in [-0.25, -0.2) is 0 Å². The first-order valence-corrected chi connectivity index (χ1v) is 10.6. The third kappa shape index (κ3) is 6.56. The molecule has 0 saturated carbocycles. The van der Waals surface area contributed by atoms with Crippen LogP contribution in [0.3, 0.4) is 0 Å². The van der Waals surface area contributed by atoms with Gasteiger partial charge >= 0.3 is 5.97 Å². The van der Waals surface area contributed by atoms with Crippen molar-refractivity contribution in [3.05, 3.63) is 75.8 Å². The van der Waals surface area contributed by atoms with Crippen molar-refractivity contribution < 1.29 is 24.0 Å². The van der Waals surface area contributed by atoms with Gasteiger partial charge in [0, 0.05) is 37.2 Å². The van der Waals surface area contributed by atoms with Crippen molar-refractivity contribution >= 4 is 40.8 Å². The van der Waals surface area contributed by atoms with E-state index in [1.54, 1.807) is 0 Å². The highest BCUT2D eigenvalue weighted by atomic mass is 32.1. The lowest BCUT2D eigenvalue weighted by Crippen LogP contribution is -2.60. The Morgan fingerprint density at radius 3 is 2.55 bits per heavy atom. The number of benzene rings is 2. The zero-order valence-corrected chi connectivity index (χ0v) is 18.4. The van der Waals surface area contributed by atoms with Gasteiger partial charge in [-0.1, -0.05) is 30.3 Å². The summed E-state index contributed by atoms with van der Waals surface area (Å²) in [5, 5.41) is 15.9. The first-order valence-electron chi connectivity index (χ1n) is 10.2. The molecule has 10 nitrogen and oxygen atoms in total. The number of ether oxygens (including phenoxy) is 1. The predicted octanol–water partition coefficient (Wildman–Crippen LogP) is 1.59. The minimum Gasteiger partial charge on any atom is -0.465 e. The van der Waals surface area contributed by atoms with Crippen molar-refractivity contribution in [2.45, 2.75) is 18.9 Å². The van der Waals surface area contributed by atoms with Gasteiger partial charge in [-0.15, -0.1) is 0 Å². The largest absolute Gasteiger partial charge is 0.465 e. The maximum atomic E-state index is 12.5. The van der Waals surface area contributed by atoms with Crippen LogP contribution in [0.4, 0.5) is 5.69 Å². The fourth-order valence-corrected chi connectivity index (χ4v) is 3.59. The van der Waals surface area contributed by atoms with Crippen LogP contribution in [-0.4, -0.2) is 58.5 Å². The summed E-state index contributed by atoms with van der Waals surface area (Å²) < 4.78 is 5.27. The molecule has 1 aliphatic rings. The lowest BCUT2D eigenvalue weighted by molar-refractivity contribution is -0.384. The number of hydrogen-bond acceptors (Lipinski definition) is 7. The molecule has 1 atom stereocenters. The second-order valence-corrected chi connectivity index (χ2v) is 7.61. The van der Waals surface area contributed by atoms with Gasteiger partial charge in [0.05, 0.1) is 18.0 Å². The van der Waals surface area contributed by atoms with E-state index in [4.69, 9.17) is 17.0 Å². The van der Waals surface area contributed by atoms with E-state index >= 15 is 0 Å². The molecule has 1 aliphatic heterocycles. The Bertz CT molecular complexity index is 1040. The van der Waals surface area contributed by atoms with E-state index in [0.29, 0.717) is 19.5 Å². The fraction of sp³-hybridized carbons (Fsp3) is 0.273. The highest BCUT2D eigenvalue weighted by molar-refractivity contribution is 7.80. The number of hydrogen-bond donors (Lipinski definition) is 2. The van der Waals surface area contributed by atoms with Crippen molar-refractivity contribution in [1.82, 2.24) is 15.5 Å². The number of non-ortho nitro benzene ring substituents is 1. The molecule has 11 heteroatoms. The molecule has 0 aliphatic carbocycles. The number of thiocarbonyl (C=S) groups is 1. The number of amides is 2. The molecule has 1 saturated heterocycles. The molecule has 172 valence electrons. The molecule has 3 rings (SSSR count). The van der Waals surface area contributed by atoms with E-state index < -0.39 is 28.7 Å². The minimum absolute atomic E-state index is 0.0183. The maximum absolute atomic E-state index is 12.5. The van der Waals surface area contributed by atoms with Gasteiger partial charge in [0.1, 0.15) is 6.04 Å². The molecule has 0 aromatic heterocycles. The Kier molecular flexibility index (Phi) is 8.03. The van der Waals surface area contributed by atoms with Crippen molar-refractivity contribution in [1.29, 1.82) is 0 Å². The minimum atomic E-state index is -0.923. The first kappa shape index (κ1) is 23.8. The van der Waals surface area contributed by atoms with Gasteiger partial charge in [-0.05, 0) is 29.9 Å². The molecule has 2 amide bonds. The Morgan fingerprint density at radius 1 is 1.18 bits per heavy atom. The predicted molar refractivity (Wildman–Crippen MR) is 122 cm³/mol. The average Bonchev–Trinajstić information content (AvgIpc) is 2.81. The zero-order chi connectivity index (χ0) is 23.8. The van der Waals surface area contributed by atoms with Crippen molar-refractivity contribution in [3.8, 4) is 0 Å². The third-order valence-electron chi connectivity index (χ3n) is 5.01. The lowest BCUT2D eigenvalue weighted by atomic mass is 10.1. The Balaban J connectivity index is 1.57. The summed E-state index contributed by atoms with van der Waals surface area (Å²) in [5.74, 6) is -1.53. The molecule has 0 spiro atoms. The molecule has 2 aromatic rings. The highest BCUT2D eigenvalue weighted by Gasteiger charge is 2.34. The average molecular weight is 471 g/mol. The second kappa shape index (κ2) is 11.1. The van der Waals surface area contributed by atoms with E-state index in [-0.39, 0.29) is 29.4 Å². The zero-order valence-electron chi connectivity index (χ0n) is 17.6. The molecule has 0 radical (unpaired) electrons. The molecule has 0 unspecified atom stereocenters.